The van der Waals surface area contributed by atoms with Crippen LogP contribution >= 0.6 is 11.6 Å². The Labute approximate surface area is 115 Å². The summed E-state index contributed by atoms with van der Waals surface area (Å²) in [4.78, 5) is 11.0. The molecule has 0 aromatic heterocycles. The summed E-state index contributed by atoms with van der Waals surface area (Å²) in [6.07, 6.45) is 0. The van der Waals surface area contributed by atoms with E-state index in [9.17, 15) is 4.79 Å². The zero-order valence-corrected chi connectivity index (χ0v) is 11.0. The Kier molecular flexibility index (Phi) is 3.62. The fourth-order valence-electron chi connectivity index (χ4n) is 1.69. The number of rotatable bonds is 3. The highest BCUT2D eigenvalue weighted by atomic mass is 35.5. The number of carboxylic acid groups (broad SMARTS) is 1. The average molecular weight is 277 g/mol. The molecule has 2 aromatic carbocycles. The summed E-state index contributed by atoms with van der Waals surface area (Å²) in [7, 11) is 0. The second-order valence-electron chi connectivity index (χ2n) is 4.16. The maximum Gasteiger partial charge on any atom is 0.337 e. The first-order valence-electron chi connectivity index (χ1n) is 5.64. The highest BCUT2D eigenvalue weighted by Crippen LogP contribution is 2.28. The van der Waals surface area contributed by atoms with Gasteiger partial charge in [0.1, 0.15) is 0 Å². The maximum atomic E-state index is 11.0. The lowest BCUT2D eigenvalue weighted by atomic mass is 10.1. The van der Waals surface area contributed by atoms with Gasteiger partial charge in [-0.1, -0.05) is 23.7 Å². The number of benzene rings is 2. The second-order valence-corrected chi connectivity index (χ2v) is 4.57. The minimum atomic E-state index is -1.05. The van der Waals surface area contributed by atoms with E-state index in [1.54, 1.807) is 18.2 Å². The highest BCUT2D eigenvalue weighted by Gasteiger charge is 2.11. The number of aryl methyl sites for hydroxylation is 1. The number of nitrogens with two attached hydrogens (primary N) is 1. The number of hydrogen-bond donors (Lipinski definition) is 3. The van der Waals surface area contributed by atoms with Gasteiger partial charge in [0.15, 0.2) is 0 Å². The van der Waals surface area contributed by atoms with Crippen molar-refractivity contribution in [2.24, 2.45) is 0 Å². The van der Waals surface area contributed by atoms with Crippen LogP contribution in [0.4, 0.5) is 17.1 Å². The average Bonchev–Trinajstić information content (AvgIpc) is 2.36. The van der Waals surface area contributed by atoms with Crippen LogP contribution in [0, 0.1) is 6.92 Å². The Morgan fingerprint density at radius 1 is 1.32 bits per heavy atom. The number of anilines is 3. The van der Waals surface area contributed by atoms with Crippen molar-refractivity contribution in [1.29, 1.82) is 0 Å². The first kappa shape index (κ1) is 13.2. The fourth-order valence-corrected chi connectivity index (χ4v) is 1.87. The Morgan fingerprint density at radius 2 is 2.05 bits per heavy atom. The van der Waals surface area contributed by atoms with Crippen molar-refractivity contribution in [2.75, 3.05) is 11.1 Å². The van der Waals surface area contributed by atoms with Crippen LogP contribution in [0.15, 0.2) is 36.4 Å². The Morgan fingerprint density at radius 3 is 2.68 bits per heavy atom. The van der Waals surface area contributed by atoms with E-state index < -0.39 is 5.97 Å². The lowest BCUT2D eigenvalue weighted by Crippen LogP contribution is -2.05. The van der Waals surface area contributed by atoms with Gasteiger partial charge in [-0.15, -0.1) is 0 Å². The molecule has 0 aliphatic carbocycles. The van der Waals surface area contributed by atoms with Crippen molar-refractivity contribution in [3.05, 3.63) is 52.5 Å². The molecule has 0 radical (unpaired) electrons. The molecular weight excluding hydrogens is 264 g/mol. The number of carboxylic acids is 1. The van der Waals surface area contributed by atoms with E-state index in [-0.39, 0.29) is 11.3 Å². The number of nitrogens with one attached hydrogen (secondary N) is 1. The smallest absolute Gasteiger partial charge is 0.337 e. The molecule has 0 aliphatic heterocycles. The molecule has 2 rings (SSSR count). The molecular formula is C14H13ClN2O2. The van der Waals surface area contributed by atoms with Crippen molar-refractivity contribution in [1.82, 2.24) is 0 Å². The van der Waals surface area contributed by atoms with Crippen LogP contribution in [0.3, 0.4) is 0 Å². The first-order chi connectivity index (χ1) is 8.99. The molecule has 0 bridgehead atoms. The zero-order valence-electron chi connectivity index (χ0n) is 10.3. The predicted molar refractivity (Wildman–Crippen MR) is 77.3 cm³/mol. The molecule has 0 atom stereocenters. The van der Waals surface area contributed by atoms with E-state index in [4.69, 9.17) is 22.4 Å². The summed E-state index contributed by atoms with van der Waals surface area (Å²) in [6, 6.07) is 10.3. The molecule has 98 valence electrons. The number of carbonyl (C=O) groups is 1. The number of para-hydroxylation sites is 1. The van der Waals surface area contributed by atoms with Crippen LogP contribution in [-0.4, -0.2) is 11.1 Å². The molecule has 0 spiro atoms. The Balaban J connectivity index is 2.35. The van der Waals surface area contributed by atoms with E-state index in [1.165, 1.54) is 6.07 Å². The molecule has 0 saturated carbocycles. The molecule has 0 fully saturated rings. The quantitative estimate of drug-likeness (QED) is 0.748. The van der Waals surface area contributed by atoms with Crippen molar-refractivity contribution in [3.8, 4) is 0 Å². The van der Waals surface area contributed by atoms with Gasteiger partial charge in [0.2, 0.25) is 0 Å². The third-order valence-electron chi connectivity index (χ3n) is 2.79. The van der Waals surface area contributed by atoms with Crippen LogP contribution in [0.2, 0.25) is 5.02 Å². The minimum absolute atomic E-state index is 0.0724. The van der Waals surface area contributed by atoms with Gasteiger partial charge >= 0.3 is 5.97 Å². The van der Waals surface area contributed by atoms with Gasteiger partial charge in [0.25, 0.3) is 0 Å². The molecule has 19 heavy (non-hydrogen) atoms. The number of hydrogen-bond acceptors (Lipinski definition) is 3. The lowest BCUT2D eigenvalue weighted by Gasteiger charge is -2.12. The van der Waals surface area contributed by atoms with Gasteiger partial charge < -0.3 is 16.2 Å². The van der Waals surface area contributed by atoms with E-state index in [1.807, 2.05) is 19.1 Å². The fraction of sp³-hybridized carbons (Fsp3) is 0.0714. The second kappa shape index (κ2) is 5.20. The van der Waals surface area contributed by atoms with Crippen LogP contribution in [0.25, 0.3) is 0 Å². The van der Waals surface area contributed by atoms with Crippen molar-refractivity contribution >= 4 is 34.6 Å². The third kappa shape index (κ3) is 2.80. The minimum Gasteiger partial charge on any atom is -0.478 e. The summed E-state index contributed by atoms with van der Waals surface area (Å²) in [6.45, 7) is 1.91. The molecule has 0 amide bonds. The normalized spacial score (nSPS) is 10.2. The van der Waals surface area contributed by atoms with Gasteiger partial charge in [0.05, 0.1) is 16.9 Å². The van der Waals surface area contributed by atoms with Crippen molar-refractivity contribution in [3.63, 3.8) is 0 Å². The third-order valence-corrected chi connectivity index (χ3v) is 3.19. The molecule has 2 aromatic rings. The molecule has 0 heterocycles. The zero-order chi connectivity index (χ0) is 14.0. The van der Waals surface area contributed by atoms with Gasteiger partial charge in [0, 0.05) is 10.7 Å². The standard InChI is InChI=1S/C14H13ClN2O2/c1-8-5-6-9(7-11(8)15)17-12-4-2-3-10(13(12)16)14(18)19/h2-7,17H,16H2,1H3,(H,18,19). The monoisotopic (exact) mass is 276 g/mol. The molecule has 4 nitrogen and oxygen atoms in total. The highest BCUT2D eigenvalue weighted by molar-refractivity contribution is 6.31. The summed E-state index contributed by atoms with van der Waals surface area (Å²) < 4.78 is 0. The van der Waals surface area contributed by atoms with Crippen LogP contribution in [0.5, 0.6) is 0 Å². The van der Waals surface area contributed by atoms with E-state index >= 15 is 0 Å². The summed E-state index contributed by atoms with van der Waals surface area (Å²) >= 11 is 6.04. The lowest BCUT2D eigenvalue weighted by molar-refractivity contribution is 0.0698. The maximum absolute atomic E-state index is 11.0. The van der Waals surface area contributed by atoms with Gasteiger partial charge in [-0.3, -0.25) is 0 Å². The topological polar surface area (TPSA) is 75.3 Å². The predicted octanol–water partition coefficient (Wildman–Crippen LogP) is 3.67. The van der Waals surface area contributed by atoms with Gasteiger partial charge in [-0.25, -0.2) is 4.79 Å². The van der Waals surface area contributed by atoms with Crippen LogP contribution in [0.1, 0.15) is 15.9 Å². The van der Waals surface area contributed by atoms with Crippen molar-refractivity contribution in [2.45, 2.75) is 6.92 Å². The molecule has 4 N–H and O–H groups in total. The number of aromatic carboxylic acids is 1. The van der Waals surface area contributed by atoms with E-state index in [0.717, 1.165) is 11.3 Å². The largest absolute Gasteiger partial charge is 0.478 e. The first-order valence-corrected chi connectivity index (χ1v) is 6.02. The summed E-state index contributed by atoms with van der Waals surface area (Å²) in [5.41, 5.74) is 8.36. The van der Waals surface area contributed by atoms with Crippen molar-refractivity contribution < 1.29 is 9.90 Å². The number of nitrogen functional groups attached to an aromatic ring is 1. The van der Waals surface area contributed by atoms with Gasteiger partial charge in [-0.05, 0) is 36.8 Å². The van der Waals surface area contributed by atoms with Crippen LogP contribution in [-0.2, 0) is 0 Å². The SMILES string of the molecule is Cc1ccc(Nc2cccc(C(=O)O)c2N)cc1Cl. The molecule has 0 unspecified atom stereocenters. The molecule has 0 aliphatic rings. The molecule has 0 saturated heterocycles. The van der Waals surface area contributed by atoms with Gasteiger partial charge in [-0.2, -0.15) is 0 Å². The van der Waals surface area contributed by atoms with Crippen LogP contribution < -0.4 is 11.1 Å². The van der Waals surface area contributed by atoms with E-state index in [2.05, 4.69) is 5.32 Å². The molecule has 5 heteroatoms. The summed E-state index contributed by atoms with van der Waals surface area (Å²) in [5, 5.41) is 12.7. The summed E-state index contributed by atoms with van der Waals surface area (Å²) in [5.74, 6) is -1.05. The Bertz CT molecular complexity index is 641. The number of halogens is 1. The van der Waals surface area contributed by atoms with E-state index in [0.29, 0.717) is 10.7 Å². The Hall–Kier alpha value is -2.20.